The van der Waals surface area contributed by atoms with Gasteiger partial charge in [-0.3, -0.25) is 0 Å². The summed E-state index contributed by atoms with van der Waals surface area (Å²) in [5.74, 6) is 2.10. The van der Waals surface area contributed by atoms with Crippen molar-refractivity contribution in [3.05, 3.63) is 0 Å². The molecule has 0 radical (unpaired) electrons. The Hall–Kier alpha value is -0.0800. The molecular weight excluding hydrogens is 208 g/mol. The zero-order valence-electron chi connectivity index (χ0n) is 11.3. The van der Waals surface area contributed by atoms with Crippen LogP contribution in [0.2, 0.25) is 0 Å². The van der Waals surface area contributed by atoms with Crippen LogP contribution in [-0.4, -0.2) is 36.6 Å². The van der Waals surface area contributed by atoms with Crippen molar-refractivity contribution in [2.24, 2.45) is 11.8 Å². The summed E-state index contributed by atoms with van der Waals surface area (Å²) >= 11 is 0. The number of rotatable bonds is 9. The molecule has 2 heteroatoms. The summed E-state index contributed by atoms with van der Waals surface area (Å²) in [5, 5.41) is 3.65. The van der Waals surface area contributed by atoms with E-state index in [1.165, 1.54) is 64.6 Å². The van der Waals surface area contributed by atoms with E-state index in [-0.39, 0.29) is 0 Å². The molecule has 1 N–H and O–H groups in total. The van der Waals surface area contributed by atoms with Gasteiger partial charge in [0.25, 0.3) is 0 Å². The van der Waals surface area contributed by atoms with Crippen molar-refractivity contribution >= 4 is 0 Å². The Morgan fingerprint density at radius 2 is 1.59 bits per heavy atom. The fraction of sp³-hybridized carbons (Fsp3) is 1.00. The molecule has 1 unspecified atom stereocenters. The molecule has 1 atom stereocenters. The Balaban J connectivity index is 1.38. The van der Waals surface area contributed by atoms with Crippen molar-refractivity contribution in [1.82, 2.24) is 10.2 Å². The minimum atomic E-state index is 0.794. The molecular formula is C15H28N2. The zero-order chi connectivity index (χ0) is 11.7. The van der Waals surface area contributed by atoms with E-state index >= 15 is 0 Å². The summed E-state index contributed by atoms with van der Waals surface area (Å²) in [6.07, 6.45) is 10.2. The first-order valence-electron chi connectivity index (χ1n) is 7.78. The van der Waals surface area contributed by atoms with Gasteiger partial charge in [-0.05, 0) is 70.3 Å². The van der Waals surface area contributed by atoms with E-state index in [0.29, 0.717) is 0 Å². The topological polar surface area (TPSA) is 15.3 Å². The summed E-state index contributed by atoms with van der Waals surface area (Å²) in [5.41, 5.74) is 0. The standard InChI is InChI=1S/C15H28N2/c1-12(8-9-16-15-6-7-15)17(10-13-2-3-13)11-14-4-5-14/h12-16H,2-11H2,1H3. The maximum Gasteiger partial charge on any atom is 0.00792 e. The zero-order valence-corrected chi connectivity index (χ0v) is 11.3. The Morgan fingerprint density at radius 1 is 1.00 bits per heavy atom. The second kappa shape index (κ2) is 5.27. The maximum atomic E-state index is 3.65. The first-order valence-corrected chi connectivity index (χ1v) is 7.78. The third-order valence-corrected chi connectivity index (χ3v) is 4.58. The average Bonchev–Trinajstić information content (AvgIpc) is 3.09. The highest BCUT2D eigenvalue weighted by atomic mass is 15.2. The Kier molecular flexibility index (Phi) is 3.72. The van der Waals surface area contributed by atoms with Gasteiger partial charge in [0.1, 0.15) is 0 Å². The van der Waals surface area contributed by atoms with E-state index in [2.05, 4.69) is 17.1 Å². The molecule has 0 spiro atoms. The van der Waals surface area contributed by atoms with Gasteiger partial charge in [-0.1, -0.05) is 0 Å². The Bertz CT molecular complexity index is 227. The molecule has 2 nitrogen and oxygen atoms in total. The Morgan fingerprint density at radius 3 is 2.06 bits per heavy atom. The molecule has 0 aliphatic heterocycles. The minimum Gasteiger partial charge on any atom is -0.314 e. The predicted molar refractivity (Wildman–Crippen MR) is 72.1 cm³/mol. The largest absolute Gasteiger partial charge is 0.314 e. The normalized spacial score (nSPS) is 26.5. The molecule has 3 rings (SSSR count). The quantitative estimate of drug-likeness (QED) is 0.662. The lowest BCUT2D eigenvalue weighted by atomic mass is 10.1. The van der Waals surface area contributed by atoms with Crippen LogP contribution in [-0.2, 0) is 0 Å². The van der Waals surface area contributed by atoms with E-state index in [9.17, 15) is 0 Å². The van der Waals surface area contributed by atoms with Gasteiger partial charge in [-0.25, -0.2) is 0 Å². The highest BCUT2D eigenvalue weighted by molar-refractivity contribution is 4.86. The molecule has 0 heterocycles. The Labute approximate surface area is 106 Å². The van der Waals surface area contributed by atoms with Crippen molar-refractivity contribution in [2.45, 2.75) is 64.0 Å². The lowest BCUT2D eigenvalue weighted by Crippen LogP contribution is -2.38. The molecule has 3 fully saturated rings. The number of nitrogens with zero attached hydrogens (tertiary/aromatic N) is 1. The molecule has 0 aromatic heterocycles. The molecule has 3 saturated carbocycles. The predicted octanol–water partition coefficient (Wildman–Crippen LogP) is 2.64. The van der Waals surface area contributed by atoms with Gasteiger partial charge >= 0.3 is 0 Å². The first kappa shape index (κ1) is 12.0. The minimum absolute atomic E-state index is 0.794. The summed E-state index contributed by atoms with van der Waals surface area (Å²) in [6, 6.07) is 1.67. The van der Waals surface area contributed by atoms with Gasteiger partial charge in [-0.15, -0.1) is 0 Å². The lowest BCUT2D eigenvalue weighted by Gasteiger charge is -2.29. The summed E-state index contributed by atoms with van der Waals surface area (Å²) in [6.45, 7) is 6.46. The van der Waals surface area contributed by atoms with Crippen molar-refractivity contribution in [2.75, 3.05) is 19.6 Å². The monoisotopic (exact) mass is 236 g/mol. The molecule has 0 aromatic carbocycles. The fourth-order valence-corrected chi connectivity index (χ4v) is 2.66. The van der Waals surface area contributed by atoms with Crippen LogP contribution in [0.3, 0.4) is 0 Å². The highest BCUT2D eigenvalue weighted by Gasteiger charge is 2.31. The molecule has 0 saturated heterocycles. The SMILES string of the molecule is CC(CCNC1CC1)N(CC1CC1)CC1CC1. The smallest absolute Gasteiger partial charge is 0.00792 e. The van der Waals surface area contributed by atoms with Gasteiger partial charge in [-0.2, -0.15) is 0 Å². The third-order valence-electron chi connectivity index (χ3n) is 4.58. The van der Waals surface area contributed by atoms with Crippen LogP contribution in [0.25, 0.3) is 0 Å². The summed E-state index contributed by atoms with van der Waals surface area (Å²) in [7, 11) is 0. The number of nitrogens with one attached hydrogen (secondary N) is 1. The van der Waals surface area contributed by atoms with Crippen LogP contribution in [0.5, 0.6) is 0 Å². The summed E-state index contributed by atoms with van der Waals surface area (Å²) < 4.78 is 0. The lowest BCUT2D eigenvalue weighted by molar-refractivity contribution is 0.182. The molecule has 0 aromatic rings. The van der Waals surface area contributed by atoms with E-state index in [1.807, 2.05) is 0 Å². The van der Waals surface area contributed by atoms with Crippen molar-refractivity contribution < 1.29 is 0 Å². The molecule has 0 amide bonds. The molecule has 3 aliphatic carbocycles. The summed E-state index contributed by atoms with van der Waals surface area (Å²) in [4.78, 5) is 2.80. The van der Waals surface area contributed by atoms with Gasteiger partial charge < -0.3 is 10.2 Å². The molecule has 98 valence electrons. The van der Waals surface area contributed by atoms with E-state index < -0.39 is 0 Å². The van der Waals surface area contributed by atoms with Gasteiger partial charge in [0.2, 0.25) is 0 Å². The van der Waals surface area contributed by atoms with Gasteiger partial charge in [0.05, 0.1) is 0 Å². The van der Waals surface area contributed by atoms with Crippen LogP contribution in [0.4, 0.5) is 0 Å². The van der Waals surface area contributed by atoms with Gasteiger partial charge in [0, 0.05) is 25.2 Å². The van der Waals surface area contributed by atoms with E-state index in [1.54, 1.807) is 0 Å². The van der Waals surface area contributed by atoms with Crippen molar-refractivity contribution in [1.29, 1.82) is 0 Å². The third kappa shape index (κ3) is 4.26. The number of hydrogen-bond donors (Lipinski definition) is 1. The van der Waals surface area contributed by atoms with Crippen LogP contribution in [0.15, 0.2) is 0 Å². The molecule has 3 aliphatic rings. The second-order valence-corrected chi connectivity index (χ2v) is 6.71. The second-order valence-electron chi connectivity index (χ2n) is 6.71. The highest BCUT2D eigenvalue weighted by Crippen LogP contribution is 2.34. The van der Waals surface area contributed by atoms with Crippen molar-refractivity contribution in [3.8, 4) is 0 Å². The van der Waals surface area contributed by atoms with Crippen molar-refractivity contribution in [3.63, 3.8) is 0 Å². The van der Waals surface area contributed by atoms with Crippen LogP contribution in [0.1, 0.15) is 51.9 Å². The van der Waals surface area contributed by atoms with Gasteiger partial charge in [0.15, 0.2) is 0 Å². The van der Waals surface area contributed by atoms with E-state index in [0.717, 1.165) is 23.9 Å². The van der Waals surface area contributed by atoms with Crippen LogP contribution >= 0.6 is 0 Å². The van der Waals surface area contributed by atoms with E-state index in [4.69, 9.17) is 0 Å². The maximum absolute atomic E-state index is 3.65. The molecule has 17 heavy (non-hydrogen) atoms. The molecule has 0 bridgehead atoms. The van der Waals surface area contributed by atoms with Crippen LogP contribution in [0, 0.1) is 11.8 Å². The number of hydrogen-bond acceptors (Lipinski definition) is 2. The fourth-order valence-electron chi connectivity index (χ4n) is 2.66. The van der Waals surface area contributed by atoms with Crippen LogP contribution < -0.4 is 5.32 Å². The average molecular weight is 236 g/mol. The first-order chi connectivity index (χ1) is 8.31.